The molecule has 2 fully saturated rings. The summed E-state index contributed by atoms with van der Waals surface area (Å²) in [6.45, 7) is 5.86. The number of carboxylic acids is 1. The van der Waals surface area contributed by atoms with Crippen LogP contribution in [0.25, 0.3) is 0 Å². The Bertz CT molecular complexity index is 651. The van der Waals surface area contributed by atoms with Gasteiger partial charge in [0.1, 0.15) is 12.4 Å². The van der Waals surface area contributed by atoms with Crippen LogP contribution in [0.3, 0.4) is 0 Å². The fourth-order valence-electron chi connectivity index (χ4n) is 3.74. The maximum absolute atomic E-state index is 12.7. The van der Waals surface area contributed by atoms with E-state index in [2.05, 4.69) is 0 Å². The minimum Gasteiger partial charge on any atom is -0.491 e. The largest absolute Gasteiger partial charge is 0.491 e. The van der Waals surface area contributed by atoms with Crippen molar-refractivity contribution >= 4 is 11.9 Å². The van der Waals surface area contributed by atoms with Gasteiger partial charge in [-0.15, -0.1) is 0 Å². The highest BCUT2D eigenvalue weighted by molar-refractivity contribution is 5.95. The molecule has 0 saturated carbocycles. The Morgan fingerprint density at radius 2 is 2.08 bits per heavy atom. The van der Waals surface area contributed by atoms with Gasteiger partial charge in [0.2, 0.25) is 0 Å². The second-order valence-corrected chi connectivity index (χ2v) is 7.56. The number of hydrogen-bond acceptors (Lipinski definition) is 4. The molecule has 0 aromatic heterocycles. The van der Waals surface area contributed by atoms with Gasteiger partial charge in [0.05, 0.1) is 11.5 Å². The van der Waals surface area contributed by atoms with Crippen LogP contribution in [0.1, 0.15) is 43.5 Å². The summed E-state index contributed by atoms with van der Waals surface area (Å²) in [6.07, 6.45) is 2.74. The summed E-state index contributed by atoms with van der Waals surface area (Å²) in [5, 5.41) is 9.62. The van der Waals surface area contributed by atoms with E-state index in [4.69, 9.17) is 9.47 Å². The summed E-state index contributed by atoms with van der Waals surface area (Å²) in [5.74, 6) is -0.257. The van der Waals surface area contributed by atoms with E-state index in [0.29, 0.717) is 30.9 Å². The fraction of sp³-hybridized carbons (Fsp3) is 0.600. The van der Waals surface area contributed by atoms with Gasteiger partial charge in [0, 0.05) is 25.3 Å². The lowest BCUT2D eigenvalue weighted by Crippen LogP contribution is -2.40. The highest BCUT2D eigenvalue weighted by atomic mass is 16.5. The van der Waals surface area contributed by atoms with Crippen molar-refractivity contribution in [3.63, 3.8) is 0 Å². The molecule has 2 atom stereocenters. The summed E-state index contributed by atoms with van der Waals surface area (Å²) in [6, 6.07) is 7.04. The molecule has 1 aromatic carbocycles. The molecule has 0 aliphatic carbocycles. The normalized spacial score (nSPS) is 25.7. The van der Waals surface area contributed by atoms with Crippen molar-refractivity contribution in [2.24, 2.45) is 11.3 Å². The molecule has 26 heavy (non-hydrogen) atoms. The van der Waals surface area contributed by atoms with Crippen LogP contribution < -0.4 is 4.74 Å². The van der Waals surface area contributed by atoms with E-state index in [1.54, 1.807) is 29.2 Å². The monoisotopic (exact) mass is 361 g/mol. The maximum Gasteiger partial charge on any atom is 0.311 e. The number of nitrogens with zero attached hydrogens (tertiary/aromatic N) is 1. The Morgan fingerprint density at radius 1 is 1.35 bits per heavy atom. The van der Waals surface area contributed by atoms with Gasteiger partial charge >= 0.3 is 5.97 Å². The van der Waals surface area contributed by atoms with Crippen LogP contribution in [0, 0.1) is 11.3 Å². The molecule has 0 radical (unpaired) electrons. The Hall–Kier alpha value is -2.08. The van der Waals surface area contributed by atoms with Crippen LogP contribution in [-0.2, 0) is 9.53 Å². The van der Waals surface area contributed by atoms with Crippen molar-refractivity contribution in [3.8, 4) is 5.75 Å². The smallest absolute Gasteiger partial charge is 0.311 e. The van der Waals surface area contributed by atoms with Crippen LogP contribution in [0.5, 0.6) is 5.75 Å². The molecule has 1 aromatic rings. The third-order valence-electron chi connectivity index (χ3n) is 5.68. The number of carbonyl (C=O) groups excluding carboxylic acids is 1. The summed E-state index contributed by atoms with van der Waals surface area (Å²) in [4.78, 5) is 26.1. The van der Waals surface area contributed by atoms with Crippen LogP contribution >= 0.6 is 0 Å². The van der Waals surface area contributed by atoms with Crippen molar-refractivity contribution in [1.82, 2.24) is 4.90 Å². The van der Waals surface area contributed by atoms with Crippen molar-refractivity contribution in [2.45, 2.75) is 39.2 Å². The second-order valence-electron chi connectivity index (χ2n) is 7.56. The van der Waals surface area contributed by atoms with Gasteiger partial charge in [-0.1, -0.05) is 13.8 Å². The predicted octanol–water partition coefficient (Wildman–Crippen LogP) is 2.82. The molecule has 0 bridgehead atoms. The summed E-state index contributed by atoms with van der Waals surface area (Å²) in [7, 11) is 0. The molecule has 6 heteroatoms. The number of aliphatic carboxylic acids is 1. The first kappa shape index (κ1) is 18.7. The van der Waals surface area contributed by atoms with E-state index in [1.165, 1.54) is 0 Å². The zero-order valence-electron chi connectivity index (χ0n) is 15.4. The quantitative estimate of drug-likeness (QED) is 0.843. The third-order valence-corrected chi connectivity index (χ3v) is 5.68. The van der Waals surface area contributed by atoms with Crippen LogP contribution in [0.2, 0.25) is 0 Å². The first-order chi connectivity index (χ1) is 12.4. The Labute approximate surface area is 154 Å². The maximum atomic E-state index is 12.7. The van der Waals surface area contributed by atoms with Crippen molar-refractivity contribution in [1.29, 1.82) is 0 Å². The van der Waals surface area contributed by atoms with E-state index >= 15 is 0 Å². The van der Waals surface area contributed by atoms with E-state index in [-0.39, 0.29) is 24.5 Å². The van der Waals surface area contributed by atoms with Gasteiger partial charge in [-0.05, 0) is 49.4 Å². The van der Waals surface area contributed by atoms with Gasteiger partial charge in [0.25, 0.3) is 5.91 Å². The minimum absolute atomic E-state index is 0.0219. The standard InChI is InChI=1S/C20H27NO5/c1-14(2)20(19(23)24)9-10-21(13-20)18(22)15-5-7-16(8-6-15)26-12-17-4-3-11-25-17/h5-8,14,17H,3-4,9-13H2,1-2H3,(H,23,24). The summed E-state index contributed by atoms with van der Waals surface area (Å²) < 4.78 is 11.2. The number of hydrogen-bond donors (Lipinski definition) is 1. The lowest BCUT2D eigenvalue weighted by atomic mass is 9.76. The molecule has 2 saturated heterocycles. The molecular formula is C20H27NO5. The van der Waals surface area contributed by atoms with Crippen LogP contribution in [0.15, 0.2) is 24.3 Å². The Balaban J connectivity index is 1.60. The first-order valence-corrected chi connectivity index (χ1v) is 9.29. The lowest BCUT2D eigenvalue weighted by molar-refractivity contribution is -0.150. The number of carboxylic acid groups (broad SMARTS) is 1. The first-order valence-electron chi connectivity index (χ1n) is 9.29. The number of amides is 1. The lowest BCUT2D eigenvalue weighted by Gasteiger charge is -2.28. The Morgan fingerprint density at radius 3 is 2.62 bits per heavy atom. The molecular weight excluding hydrogens is 334 g/mol. The number of benzene rings is 1. The van der Waals surface area contributed by atoms with E-state index in [9.17, 15) is 14.7 Å². The molecule has 142 valence electrons. The minimum atomic E-state index is -0.847. The molecule has 1 amide bonds. The Kier molecular flexibility index (Phi) is 5.51. The molecule has 2 unspecified atom stereocenters. The summed E-state index contributed by atoms with van der Waals surface area (Å²) >= 11 is 0. The topological polar surface area (TPSA) is 76.1 Å². The van der Waals surface area contributed by atoms with Crippen LogP contribution in [-0.4, -0.2) is 54.3 Å². The number of likely N-dealkylation sites (tertiary alicyclic amines) is 1. The molecule has 6 nitrogen and oxygen atoms in total. The molecule has 0 spiro atoms. The highest BCUT2D eigenvalue weighted by Crippen LogP contribution is 2.38. The van der Waals surface area contributed by atoms with E-state index in [1.807, 2.05) is 13.8 Å². The zero-order valence-corrected chi connectivity index (χ0v) is 15.4. The van der Waals surface area contributed by atoms with E-state index < -0.39 is 11.4 Å². The average molecular weight is 361 g/mol. The molecule has 2 aliphatic heterocycles. The average Bonchev–Trinajstić information content (AvgIpc) is 3.30. The number of rotatable bonds is 6. The molecule has 2 heterocycles. The van der Waals surface area contributed by atoms with Gasteiger partial charge in [-0.25, -0.2) is 0 Å². The predicted molar refractivity (Wildman–Crippen MR) is 96.3 cm³/mol. The fourth-order valence-corrected chi connectivity index (χ4v) is 3.74. The molecule has 3 rings (SSSR count). The number of ether oxygens (including phenoxy) is 2. The third kappa shape index (κ3) is 3.70. The molecule has 2 aliphatic rings. The van der Waals surface area contributed by atoms with E-state index in [0.717, 1.165) is 19.4 Å². The van der Waals surface area contributed by atoms with Gasteiger partial charge < -0.3 is 19.5 Å². The van der Waals surface area contributed by atoms with Crippen molar-refractivity contribution in [2.75, 3.05) is 26.3 Å². The van der Waals surface area contributed by atoms with Gasteiger partial charge in [0.15, 0.2) is 0 Å². The second kappa shape index (κ2) is 7.66. The highest BCUT2D eigenvalue weighted by Gasteiger charge is 2.48. The van der Waals surface area contributed by atoms with Gasteiger partial charge in [-0.2, -0.15) is 0 Å². The SMILES string of the molecule is CC(C)C1(C(=O)O)CCN(C(=O)c2ccc(OCC3CCCO3)cc2)C1. The zero-order chi connectivity index (χ0) is 18.7. The van der Waals surface area contributed by atoms with Crippen molar-refractivity contribution in [3.05, 3.63) is 29.8 Å². The summed E-state index contributed by atoms with van der Waals surface area (Å²) in [5.41, 5.74) is -0.292. The van der Waals surface area contributed by atoms with Gasteiger partial charge in [-0.3, -0.25) is 9.59 Å². The number of carbonyl (C=O) groups is 2. The van der Waals surface area contributed by atoms with Crippen molar-refractivity contribution < 1.29 is 24.2 Å². The van der Waals surface area contributed by atoms with Crippen LogP contribution in [0.4, 0.5) is 0 Å². The molecule has 1 N–H and O–H groups in total.